The van der Waals surface area contributed by atoms with E-state index in [1.165, 1.54) is 0 Å². The zero-order valence-electron chi connectivity index (χ0n) is 8.67. The minimum absolute atomic E-state index is 0.176. The van der Waals surface area contributed by atoms with E-state index in [0.29, 0.717) is 6.29 Å². The zero-order valence-corrected chi connectivity index (χ0v) is 8.67. The molecule has 0 amide bonds. The molecule has 0 unspecified atom stereocenters. The van der Waals surface area contributed by atoms with Crippen LogP contribution in [0.3, 0.4) is 0 Å². The number of benzene rings is 1. The molecule has 0 saturated carbocycles. The summed E-state index contributed by atoms with van der Waals surface area (Å²) in [5.74, 6) is -0.835. The first-order valence-electron chi connectivity index (χ1n) is 4.31. The first-order chi connectivity index (χ1) is 8.04. The van der Waals surface area contributed by atoms with Crippen LogP contribution in [0.25, 0.3) is 0 Å². The van der Waals surface area contributed by atoms with Gasteiger partial charge < -0.3 is 4.74 Å². The van der Waals surface area contributed by atoms with Crippen molar-refractivity contribution in [2.75, 3.05) is 7.11 Å². The van der Waals surface area contributed by atoms with Crippen molar-refractivity contribution in [1.29, 1.82) is 5.26 Å². The summed E-state index contributed by atoms with van der Waals surface area (Å²) < 4.78 is 4.40. The van der Waals surface area contributed by atoms with E-state index in [-0.39, 0.29) is 16.7 Å². The number of methoxy groups -OCH3 is 1. The highest BCUT2D eigenvalue weighted by molar-refractivity contribution is 5.99. The number of hydrogen-bond donors (Lipinski definition) is 0. The SMILES string of the molecule is COC(=O)c1cc(C#N)c([N+](=O)[O-])cc1C=O. The molecule has 0 heterocycles. The molecule has 0 N–H and O–H groups in total. The number of hydrogen-bond acceptors (Lipinski definition) is 6. The Morgan fingerprint density at radius 3 is 2.65 bits per heavy atom. The molecule has 0 atom stereocenters. The van der Waals surface area contributed by atoms with Gasteiger partial charge >= 0.3 is 5.97 Å². The van der Waals surface area contributed by atoms with E-state index in [9.17, 15) is 19.7 Å². The van der Waals surface area contributed by atoms with Gasteiger partial charge in [-0.25, -0.2) is 4.79 Å². The Kier molecular flexibility index (Phi) is 3.51. The number of nitro benzene ring substituents is 1. The van der Waals surface area contributed by atoms with Gasteiger partial charge in [0.15, 0.2) is 6.29 Å². The smallest absolute Gasteiger partial charge is 0.338 e. The summed E-state index contributed by atoms with van der Waals surface area (Å²) in [7, 11) is 1.10. The first kappa shape index (κ1) is 12.3. The highest BCUT2D eigenvalue weighted by Crippen LogP contribution is 2.22. The molecule has 0 bridgehead atoms. The molecule has 1 aromatic carbocycles. The fourth-order valence-corrected chi connectivity index (χ4v) is 1.23. The second-order valence-corrected chi connectivity index (χ2v) is 2.93. The van der Waals surface area contributed by atoms with Gasteiger partial charge in [0.2, 0.25) is 0 Å². The predicted molar refractivity (Wildman–Crippen MR) is 54.5 cm³/mol. The lowest BCUT2D eigenvalue weighted by Crippen LogP contribution is -2.07. The molecule has 0 aromatic heterocycles. The average molecular weight is 234 g/mol. The summed E-state index contributed by atoms with van der Waals surface area (Å²) in [4.78, 5) is 31.8. The Labute approximate surface area is 95.4 Å². The molecule has 0 radical (unpaired) electrons. The molecular formula is C10H6N2O5. The molecule has 1 aromatic rings. The van der Waals surface area contributed by atoms with Crippen molar-refractivity contribution in [2.24, 2.45) is 0 Å². The molecule has 0 aliphatic rings. The summed E-state index contributed by atoms with van der Waals surface area (Å²) in [5.41, 5.74) is -1.20. The minimum atomic E-state index is -0.835. The summed E-state index contributed by atoms with van der Waals surface area (Å²) in [6, 6.07) is 3.42. The molecule has 1 rings (SSSR count). The standard InChI is InChI=1S/C10H6N2O5/c1-17-10(14)8-2-6(4-11)9(12(15)16)3-7(8)5-13/h2-3,5H,1H3. The minimum Gasteiger partial charge on any atom is -0.465 e. The molecule has 7 heteroatoms. The van der Waals surface area contributed by atoms with Crippen molar-refractivity contribution in [3.05, 3.63) is 38.9 Å². The van der Waals surface area contributed by atoms with Crippen LogP contribution < -0.4 is 0 Å². The second kappa shape index (κ2) is 4.85. The lowest BCUT2D eigenvalue weighted by Gasteiger charge is -2.03. The number of rotatable bonds is 3. The highest BCUT2D eigenvalue weighted by Gasteiger charge is 2.21. The van der Waals surface area contributed by atoms with Gasteiger partial charge in [-0.15, -0.1) is 0 Å². The van der Waals surface area contributed by atoms with E-state index in [1.54, 1.807) is 6.07 Å². The summed E-state index contributed by atoms with van der Waals surface area (Å²) in [6.45, 7) is 0. The van der Waals surface area contributed by atoms with E-state index in [2.05, 4.69) is 4.74 Å². The van der Waals surface area contributed by atoms with Crippen LogP contribution in [0.2, 0.25) is 0 Å². The van der Waals surface area contributed by atoms with Gasteiger partial charge in [0.1, 0.15) is 11.6 Å². The normalized spacial score (nSPS) is 9.18. The van der Waals surface area contributed by atoms with Crippen LogP contribution in [-0.2, 0) is 4.74 Å². The number of nitro groups is 1. The van der Waals surface area contributed by atoms with Crippen molar-refractivity contribution < 1.29 is 19.2 Å². The third kappa shape index (κ3) is 2.26. The Balaban J connectivity index is 3.55. The lowest BCUT2D eigenvalue weighted by molar-refractivity contribution is -0.385. The lowest BCUT2D eigenvalue weighted by atomic mass is 10.0. The van der Waals surface area contributed by atoms with Gasteiger partial charge in [-0.1, -0.05) is 0 Å². The molecule has 86 valence electrons. The fourth-order valence-electron chi connectivity index (χ4n) is 1.23. The number of ether oxygens (including phenoxy) is 1. The van der Waals surface area contributed by atoms with Gasteiger partial charge in [0, 0.05) is 11.6 Å². The van der Waals surface area contributed by atoms with Crippen molar-refractivity contribution in [3.63, 3.8) is 0 Å². The third-order valence-electron chi connectivity index (χ3n) is 2.02. The zero-order chi connectivity index (χ0) is 13.0. The molecule has 7 nitrogen and oxygen atoms in total. The Bertz CT molecular complexity index is 544. The highest BCUT2D eigenvalue weighted by atomic mass is 16.6. The molecule has 0 aliphatic heterocycles. The molecule has 0 fully saturated rings. The Hall–Kier alpha value is -2.75. The van der Waals surface area contributed by atoms with E-state index in [1.807, 2.05) is 0 Å². The summed E-state index contributed by atoms with van der Waals surface area (Å²) in [5, 5.41) is 19.3. The van der Waals surface area contributed by atoms with Gasteiger partial charge in [0.05, 0.1) is 17.6 Å². The fraction of sp³-hybridized carbons (Fsp3) is 0.100. The topological polar surface area (TPSA) is 110 Å². The molecule has 0 saturated heterocycles. The van der Waals surface area contributed by atoms with Gasteiger partial charge in [0.25, 0.3) is 5.69 Å². The summed E-state index contributed by atoms with van der Waals surface area (Å²) >= 11 is 0. The Morgan fingerprint density at radius 2 is 2.24 bits per heavy atom. The molecule has 17 heavy (non-hydrogen) atoms. The van der Waals surface area contributed by atoms with Crippen LogP contribution in [0, 0.1) is 21.4 Å². The first-order valence-corrected chi connectivity index (χ1v) is 4.31. The number of aldehydes is 1. The number of carbonyl (C=O) groups is 2. The van der Waals surface area contributed by atoms with E-state index >= 15 is 0 Å². The maximum Gasteiger partial charge on any atom is 0.338 e. The van der Waals surface area contributed by atoms with E-state index in [0.717, 1.165) is 19.2 Å². The van der Waals surface area contributed by atoms with Crippen molar-refractivity contribution in [3.8, 4) is 6.07 Å². The molecule has 0 spiro atoms. The maximum atomic E-state index is 11.3. The van der Waals surface area contributed by atoms with Gasteiger partial charge in [-0.3, -0.25) is 14.9 Å². The van der Waals surface area contributed by atoms with Crippen molar-refractivity contribution in [1.82, 2.24) is 0 Å². The third-order valence-corrected chi connectivity index (χ3v) is 2.02. The van der Waals surface area contributed by atoms with E-state index < -0.39 is 16.6 Å². The monoisotopic (exact) mass is 234 g/mol. The maximum absolute atomic E-state index is 11.3. The van der Waals surface area contributed by atoms with Crippen molar-refractivity contribution in [2.45, 2.75) is 0 Å². The predicted octanol–water partition coefficient (Wildman–Crippen LogP) is 1.07. The average Bonchev–Trinajstić information content (AvgIpc) is 2.35. The second-order valence-electron chi connectivity index (χ2n) is 2.93. The molecular weight excluding hydrogens is 228 g/mol. The van der Waals surface area contributed by atoms with Crippen LogP contribution in [0.1, 0.15) is 26.3 Å². The number of carbonyl (C=O) groups excluding carboxylic acids is 2. The van der Waals surface area contributed by atoms with Crippen LogP contribution in [0.15, 0.2) is 12.1 Å². The van der Waals surface area contributed by atoms with Crippen LogP contribution in [-0.4, -0.2) is 24.3 Å². The van der Waals surface area contributed by atoms with E-state index in [4.69, 9.17) is 5.26 Å². The largest absolute Gasteiger partial charge is 0.465 e. The van der Waals surface area contributed by atoms with Crippen molar-refractivity contribution >= 4 is 17.9 Å². The number of nitriles is 1. The van der Waals surface area contributed by atoms with Crippen LogP contribution >= 0.6 is 0 Å². The number of esters is 1. The number of nitrogens with zero attached hydrogens (tertiary/aromatic N) is 2. The quantitative estimate of drug-likeness (QED) is 0.334. The summed E-state index contributed by atoms with van der Waals surface area (Å²) in [6.07, 6.45) is 0.292. The molecule has 0 aliphatic carbocycles. The van der Waals surface area contributed by atoms with Gasteiger partial charge in [-0.2, -0.15) is 5.26 Å². The Morgan fingerprint density at radius 1 is 1.59 bits per heavy atom. The van der Waals surface area contributed by atoms with Crippen LogP contribution in [0.4, 0.5) is 5.69 Å². The van der Waals surface area contributed by atoms with Gasteiger partial charge in [-0.05, 0) is 6.07 Å². The van der Waals surface area contributed by atoms with Crippen LogP contribution in [0.5, 0.6) is 0 Å².